The van der Waals surface area contributed by atoms with Crippen LogP contribution in [0.4, 0.5) is 11.4 Å². The third-order valence-corrected chi connectivity index (χ3v) is 5.58. The van der Waals surface area contributed by atoms with Crippen LogP contribution in [0.2, 0.25) is 0 Å². The van der Waals surface area contributed by atoms with Crippen molar-refractivity contribution in [3.05, 3.63) is 60.2 Å². The molecule has 0 radical (unpaired) electrons. The lowest BCUT2D eigenvalue weighted by molar-refractivity contribution is 0.102. The van der Waals surface area contributed by atoms with Crippen molar-refractivity contribution >= 4 is 22.8 Å². The lowest BCUT2D eigenvalue weighted by Crippen LogP contribution is -2.29. The Labute approximate surface area is 159 Å². The molecule has 5 nitrogen and oxygen atoms in total. The van der Waals surface area contributed by atoms with Gasteiger partial charge in [0.05, 0.1) is 5.52 Å². The minimum Gasteiger partial charge on any atom is -0.372 e. The molecule has 1 aliphatic carbocycles. The van der Waals surface area contributed by atoms with Gasteiger partial charge in [0.2, 0.25) is 0 Å². The first-order valence-electron chi connectivity index (χ1n) is 9.93. The number of imidazole rings is 1. The summed E-state index contributed by atoms with van der Waals surface area (Å²) >= 11 is 0. The van der Waals surface area contributed by atoms with E-state index in [2.05, 4.69) is 31.7 Å². The van der Waals surface area contributed by atoms with Crippen molar-refractivity contribution < 1.29 is 4.79 Å². The molecule has 1 N–H and O–H groups in total. The Bertz CT molecular complexity index is 966. The molecule has 2 aromatic heterocycles. The molecule has 5 heteroatoms. The number of benzene rings is 1. The Balaban J connectivity index is 1.37. The van der Waals surface area contributed by atoms with Gasteiger partial charge in [0.15, 0.2) is 5.69 Å². The molecule has 27 heavy (non-hydrogen) atoms. The Hall–Kier alpha value is -2.82. The summed E-state index contributed by atoms with van der Waals surface area (Å²) < 4.78 is 2.06. The van der Waals surface area contributed by atoms with Gasteiger partial charge in [-0.05, 0) is 68.5 Å². The zero-order valence-electron chi connectivity index (χ0n) is 15.4. The Kier molecular flexibility index (Phi) is 4.07. The number of rotatable bonds is 4. The number of fused-ring (bicyclic) bond motifs is 1. The zero-order valence-corrected chi connectivity index (χ0v) is 15.4. The third-order valence-electron chi connectivity index (χ3n) is 5.58. The van der Waals surface area contributed by atoms with Gasteiger partial charge in [-0.25, -0.2) is 4.98 Å². The molecule has 1 aliphatic heterocycles. The van der Waals surface area contributed by atoms with Gasteiger partial charge in [-0.3, -0.25) is 4.79 Å². The summed E-state index contributed by atoms with van der Waals surface area (Å²) in [5, 5.41) is 3.02. The molecule has 1 saturated heterocycles. The van der Waals surface area contributed by atoms with Gasteiger partial charge < -0.3 is 14.6 Å². The molecule has 1 aromatic carbocycles. The number of pyridine rings is 1. The van der Waals surface area contributed by atoms with Gasteiger partial charge in [0, 0.05) is 36.6 Å². The predicted octanol–water partition coefficient (Wildman–Crippen LogP) is 4.45. The summed E-state index contributed by atoms with van der Waals surface area (Å²) in [4.78, 5) is 20.0. The average Bonchev–Trinajstić information content (AvgIpc) is 3.49. The van der Waals surface area contributed by atoms with Gasteiger partial charge in [0.1, 0.15) is 5.82 Å². The summed E-state index contributed by atoms with van der Waals surface area (Å²) in [6, 6.07) is 14.1. The summed E-state index contributed by atoms with van der Waals surface area (Å²) in [5.74, 6) is 1.36. The molecule has 1 saturated carbocycles. The van der Waals surface area contributed by atoms with Crippen LogP contribution in [0, 0.1) is 0 Å². The van der Waals surface area contributed by atoms with E-state index in [4.69, 9.17) is 0 Å². The van der Waals surface area contributed by atoms with E-state index in [1.165, 1.54) is 24.9 Å². The SMILES string of the molecule is O=C(Nc1ccc(N2CCCCC2)cc1)c1nc(C2CC2)n2ccccc12. The molecular weight excluding hydrogens is 336 g/mol. The molecule has 2 fully saturated rings. The highest BCUT2D eigenvalue weighted by Gasteiger charge is 2.30. The molecule has 0 unspecified atom stereocenters. The van der Waals surface area contributed by atoms with Crippen LogP contribution in [0.3, 0.4) is 0 Å². The van der Waals surface area contributed by atoms with E-state index in [1.807, 2.05) is 36.5 Å². The van der Waals surface area contributed by atoms with Crippen molar-refractivity contribution in [2.45, 2.75) is 38.0 Å². The van der Waals surface area contributed by atoms with Gasteiger partial charge in [-0.2, -0.15) is 0 Å². The van der Waals surface area contributed by atoms with E-state index in [0.29, 0.717) is 11.6 Å². The number of carbonyl (C=O) groups is 1. The molecule has 5 rings (SSSR count). The van der Waals surface area contributed by atoms with E-state index < -0.39 is 0 Å². The minimum absolute atomic E-state index is 0.142. The van der Waals surface area contributed by atoms with Crippen LogP contribution in [0.1, 0.15) is 54.3 Å². The number of hydrogen-bond acceptors (Lipinski definition) is 3. The number of hydrogen-bond donors (Lipinski definition) is 1. The van der Waals surface area contributed by atoms with Crippen molar-refractivity contribution in [3.63, 3.8) is 0 Å². The van der Waals surface area contributed by atoms with Crippen molar-refractivity contribution in [1.82, 2.24) is 9.38 Å². The molecule has 1 amide bonds. The molecule has 3 aromatic rings. The molecule has 0 bridgehead atoms. The van der Waals surface area contributed by atoms with Gasteiger partial charge >= 0.3 is 0 Å². The first-order valence-corrected chi connectivity index (χ1v) is 9.93. The van der Waals surface area contributed by atoms with Crippen molar-refractivity contribution in [2.24, 2.45) is 0 Å². The average molecular weight is 360 g/mol. The number of aromatic nitrogens is 2. The van der Waals surface area contributed by atoms with Crippen LogP contribution >= 0.6 is 0 Å². The topological polar surface area (TPSA) is 49.6 Å². The van der Waals surface area contributed by atoms with E-state index in [-0.39, 0.29) is 5.91 Å². The molecule has 0 atom stereocenters. The fraction of sp³-hybridized carbons (Fsp3) is 0.364. The lowest BCUT2D eigenvalue weighted by Gasteiger charge is -2.28. The second-order valence-electron chi connectivity index (χ2n) is 7.60. The van der Waals surface area contributed by atoms with Crippen LogP contribution in [-0.2, 0) is 0 Å². The summed E-state index contributed by atoms with van der Waals surface area (Å²) in [7, 11) is 0. The number of piperidine rings is 1. The number of nitrogens with one attached hydrogen (secondary N) is 1. The second-order valence-corrected chi connectivity index (χ2v) is 7.60. The Morgan fingerprint density at radius 3 is 2.52 bits per heavy atom. The number of nitrogens with zero attached hydrogens (tertiary/aromatic N) is 3. The highest BCUT2D eigenvalue weighted by Crippen LogP contribution is 2.40. The quantitative estimate of drug-likeness (QED) is 0.748. The van der Waals surface area contributed by atoms with Crippen LogP contribution in [0.5, 0.6) is 0 Å². The van der Waals surface area contributed by atoms with Crippen LogP contribution < -0.4 is 10.2 Å². The molecule has 2 aliphatic rings. The molecule has 138 valence electrons. The van der Waals surface area contributed by atoms with Crippen LogP contribution in [0.15, 0.2) is 48.7 Å². The van der Waals surface area contributed by atoms with Crippen molar-refractivity contribution in [2.75, 3.05) is 23.3 Å². The van der Waals surface area contributed by atoms with Gasteiger partial charge in [0.25, 0.3) is 5.91 Å². The third kappa shape index (κ3) is 3.18. The normalized spacial score (nSPS) is 17.3. The fourth-order valence-corrected chi connectivity index (χ4v) is 3.96. The van der Waals surface area contributed by atoms with Crippen LogP contribution in [0.25, 0.3) is 5.52 Å². The molecule has 3 heterocycles. The second kappa shape index (κ2) is 6.72. The lowest BCUT2D eigenvalue weighted by atomic mass is 10.1. The highest BCUT2D eigenvalue weighted by atomic mass is 16.1. The highest BCUT2D eigenvalue weighted by molar-refractivity contribution is 6.07. The fourth-order valence-electron chi connectivity index (χ4n) is 3.96. The van der Waals surface area contributed by atoms with Crippen molar-refractivity contribution in [1.29, 1.82) is 0 Å². The number of amides is 1. The predicted molar refractivity (Wildman–Crippen MR) is 108 cm³/mol. The maximum Gasteiger partial charge on any atom is 0.276 e. The van der Waals surface area contributed by atoms with E-state index in [0.717, 1.165) is 43.0 Å². The number of anilines is 2. The molecular formula is C22H24N4O. The van der Waals surface area contributed by atoms with Gasteiger partial charge in [-0.1, -0.05) is 6.07 Å². The maximum absolute atomic E-state index is 12.9. The maximum atomic E-state index is 12.9. The van der Waals surface area contributed by atoms with Crippen molar-refractivity contribution in [3.8, 4) is 0 Å². The largest absolute Gasteiger partial charge is 0.372 e. The Morgan fingerprint density at radius 1 is 1.00 bits per heavy atom. The first kappa shape index (κ1) is 16.4. The Morgan fingerprint density at radius 2 is 1.78 bits per heavy atom. The monoisotopic (exact) mass is 360 g/mol. The number of carbonyl (C=O) groups excluding carboxylic acids is 1. The van der Waals surface area contributed by atoms with Gasteiger partial charge in [-0.15, -0.1) is 0 Å². The van der Waals surface area contributed by atoms with E-state index >= 15 is 0 Å². The smallest absolute Gasteiger partial charge is 0.276 e. The molecule has 0 spiro atoms. The van der Waals surface area contributed by atoms with E-state index in [1.54, 1.807) is 0 Å². The summed E-state index contributed by atoms with van der Waals surface area (Å²) in [6.07, 6.45) is 8.16. The van der Waals surface area contributed by atoms with E-state index in [9.17, 15) is 4.79 Å². The summed E-state index contributed by atoms with van der Waals surface area (Å²) in [5.41, 5.74) is 3.43. The summed E-state index contributed by atoms with van der Waals surface area (Å²) in [6.45, 7) is 2.24. The van der Waals surface area contributed by atoms with Crippen LogP contribution in [-0.4, -0.2) is 28.4 Å². The zero-order chi connectivity index (χ0) is 18.2. The first-order chi connectivity index (χ1) is 13.3. The standard InChI is InChI=1S/C22H24N4O/c27-22(20-19-6-2-5-15-26(19)21(24-20)16-7-8-16)23-17-9-11-18(12-10-17)25-13-3-1-4-14-25/h2,5-6,9-12,15-16H,1,3-4,7-8,13-14H2,(H,23,27). The minimum atomic E-state index is -0.142.